The van der Waals surface area contributed by atoms with E-state index < -0.39 is 77.2 Å². The minimum absolute atomic E-state index is 0.0362. The minimum atomic E-state index is -4.70. The lowest BCUT2D eigenvalue weighted by atomic mass is 9.80. The molecule has 470 valence electrons. The Morgan fingerprint density at radius 3 is 1.46 bits per heavy atom. The number of pyridine rings is 1. The molecule has 11 rings (SSSR count). The van der Waals surface area contributed by atoms with Crippen LogP contribution < -0.4 is 39.7 Å². The van der Waals surface area contributed by atoms with Crippen LogP contribution in [0.3, 0.4) is 0 Å². The summed E-state index contributed by atoms with van der Waals surface area (Å²) in [5, 5.41) is 24.8. The van der Waals surface area contributed by atoms with Crippen molar-refractivity contribution in [2.45, 2.75) is 13.1 Å². The quantitative estimate of drug-likeness (QED) is 0.0242. The van der Waals surface area contributed by atoms with Crippen LogP contribution >= 0.6 is 55.1 Å². The monoisotopic (exact) mass is 1440 g/mol. The zero-order valence-electron chi connectivity index (χ0n) is 45.2. The number of halogens is 17. The third kappa shape index (κ3) is 17.3. The highest BCUT2D eigenvalue weighted by Gasteiger charge is 2.34. The molecule has 37 heteroatoms. The van der Waals surface area contributed by atoms with Crippen molar-refractivity contribution >= 4 is 103 Å². The van der Waals surface area contributed by atoms with Gasteiger partial charge >= 0.3 is 13.3 Å². The van der Waals surface area contributed by atoms with E-state index in [4.69, 9.17) is 62.0 Å². The van der Waals surface area contributed by atoms with Crippen molar-refractivity contribution in [1.29, 1.82) is 0 Å². The molecule has 0 aliphatic rings. The largest absolute Gasteiger partial charge is 0.491 e. The van der Waals surface area contributed by atoms with Gasteiger partial charge in [-0.2, -0.15) is 18.2 Å². The van der Waals surface area contributed by atoms with Gasteiger partial charge in [-0.3, -0.25) is 4.40 Å². The molecule has 0 bridgehead atoms. The lowest BCUT2D eigenvalue weighted by Gasteiger charge is -2.15. The van der Waals surface area contributed by atoms with Gasteiger partial charge in [0.25, 0.3) is 0 Å². The van der Waals surface area contributed by atoms with Gasteiger partial charge < -0.3 is 38.4 Å². The molecular formula is C54H35BBr2Cl2F13N17O2. The van der Waals surface area contributed by atoms with Gasteiger partial charge in [-0.15, -0.1) is 10.2 Å². The fraction of sp³-hybridized carbons (Fsp3) is 0.0370. The molecule has 6 heterocycles. The van der Waals surface area contributed by atoms with Crippen LogP contribution in [-0.4, -0.2) is 71.6 Å². The van der Waals surface area contributed by atoms with Crippen LogP contribution in [0.15, 0.2) is 124 Å². The summed E-state index contributed by atoms with van der Waals surface area (Å²) in [6.45, 7) is 1.39. The Balaban J connectivity index is 0.000000168. The Morgan fingerprint density at radius 2 is 0.989 bits per heavy atom. The standard InChI is InChI=1S/C18H11F5N6.C10H5BrClF2N3.C10H8BrF2N5.C10H6ClF2N3.C6H5BF2O2/c1-8-4-9(5-13(26-8)18(21,22)23)14-15(11-3-2-10(19)6-12(11)20)27-17(24)29-7-25-28-16(14)29;11-7-8(16-10(15)17-9(7)12)5-2-1-4(13)3-6(5)14;11-7-8(16-10(14)17-9(7)18-15)5-2-1-4(12)3-6(5)13;11-9-4-8(15-10(14)16-9)6-2-1-5(12)3-7(6)13;8-4-1-2-5(7(10)11)6(9)3-4/h2-7H,1H3,(H2,24,27);1-3H,(H2,15,16,17);1-3H,15H2,(H3,14,16,17,18);1-4H,(H2,14,15,16);1-3,10-11H. The lowest BCUT2D eigenvalue weighted by Crippen LogP contribution is -2.32. The molecular weight excluding hydrogens is 1410 g/mol. The average molecular weight is 1440 g/mol. The molecule has 6 aromatic heterocycles. The number of aryl methyl sites for hydroxylation is 1. The minimum Gasteiger partial charge on any atom is -0.423 e. The third-order valence-corrected chi connectivity index (χ3v) is 13.8. The number of nitrogens with zero attached hydrogens (tertiary/aromatic N) is 11. The first-order chi connectivity index (χ1) is 42.8. The number of fused-ring (bicyclic) bond motifs is 1. The number of rotatable bonds is 7. The molecule has 0 saturated heterocycles. The molecule has 19 nitrogen and oxygen atoms in total. The van der Waals surface area contributed by atoms with Crippen LogP contribution in [0.4, 0.5) is 86.7 Å². The molecule has 5 aromatic carbocycles. The van der Waals surface area contributed by atoms with Crippen LogP contribution in [0, 0.1) is 65.1 Å². The van der Waals surface area contributed by atoms with Crippen LogP contribution in [0.2, 0.25) is 10.3 Å². The van der Waals surface area contributed by atoms with Gasteiger partial charge in [-0.1, -0.05) is 29.3 Å². The van der Waals surface area contributed by atoms with Crippen molar-refractivity contribution in [3.63, 3.8) is 0 Å². The van der Waals surface area contributed by atoms with Gasteiger partial charge in [0.1, 0.15) is 80.5 Å². The summed E-state index contributed by atoms with van der Waals surface area (Å²) in [5.41, 5.74) is 23.9. The zero-order chi connectivity index (χ0) is 66.9. The van der Waals surface area contributed by atoms with Gasteiger partial charge in [-0.05, 0) is 111 Å². The van der Waals surface area contributed by atoms with E-state index in [1.807, 2.05) is 0 Å². The second-order valence-electron chi connectivity index (χ2n) is 17.8. The first-order valence-electron chi connectivity index (χ1n) is 24.6. The van der Waals surface area contributed by atoms with E-state index in [0.717, 1.165) is 66.7 Å². The first kappa shape index (κ1) is 69.1. The molecule has 13 N–H and O–H groups in total. The zero-order valence-corrected chi connectivity index (χ0v) is 49.9. The number of hydrazine groups is 1. The summed E-state index contributed by atoms with van der Waals surface area (Å²) >= 11 is 17.7. The summed E-state index contributed by atoms with van der Waals surface area (Å²) in [6, 6.07) is 18.3. The number of alkyl halides is 3. The second kappa shape index (κ2) is 29.5. The molecule has 0 spiro atoms. The number of aromatic nitrogens is 11. The smallest absolute Gasteiger partial charge is 0.423 e. The number of nitrogens with two attached hydrogens (primary N) is 5. The van der Waals surface area contributed by atoms with Crippen LogP contribution in [-0.2, 0) is 6.18 Å². The van der Waals surface area contributed by atoms with Gasteiger partial charge in [-0.25, -0.2) is 84.6 Å². The molecule has 0 amide bonds. The maximum Gasteiger partial charge on any atom is 0.491 e. The van der Waals surface area contributed by atoms with Gasteiger partial charge in [0, 0.05) is 69.8 Å². The lowest BCUT2D eigenvalue weighted by molar-refractivity contribution is -0.141. The molecule has 0 radical (unpaired) electrons. The second-order valence-corrected chi connectivity index (χ2v) is 20.2. The van der Waals surface area contributed by atoms with Crippen molar-refractivity contribution < 1.29 is 67.1 Å². The number of anilines is 5. The molecule has 0 unspecified atom stereocenters. The summed E-state index contributed by atoms with van der Waals surface area (Å²) in [7, 11) is -1.89. The first-order valence-corrected chi connectivity index (χ1v) is 26.9. The fourth-order valence-electron chi connectivity index (χ4n) is 7.70. The summed E-state index contributed by atoms with van der Waals surface area (Å²) in [6.07, 6.45) is -3.47. The number of hydrogen-bond donors (Lipinski definition) is 8. The Morgan fingerprint density at radius 1 is 0.527 bits per heavy atom. The van der Waals surface area contributed by atoms with E-state index in [9.17, 15) is 57.1 Å². The van der Waals surface area contributed by atoms with Crippen LogP contribution in [0.1, 0.15) is 11.4 Å². The number of nitrogen functional groups attached to an aromatic ring is 5. The maximum atomic E-state index is 14.5. The van der Waals surface area contributed by atoms with E-state index in [1.54, 1.807) is 0 Å². The van der Waals surface area contributed by atoms with Crippen molar-refractivity contribution in [2.24, 2.45) is 5.84 Å². The molecule has 11 aromatic rings. The van der Waals surface area contributed by atoms with Crippen LogP contribution in [0.5, 0.6) is 0 Å². The average Bonchev–Trinajstić information content (AvgIpc) is 1.75. The van der Waals surface area contributed by atoms with E-state index in [-0.39, 0.29) is 113 Å². The molecule has 91 heavy (non-hydrogen) atoms. The topological polar surface area (TPSA) is 316 Å². The summed E-state index contributed by atoms with van der Waals surface area (Å²) < 4.78 is 173. The normalized spacial score (nSPS) is 10.9. The van der Waals surface area contributed by atoms with Crippen molar-refractivity contribution in [2.75, 3.05) is 28.4 Å². The van der Waals surface area contributed by atoms with E-state index in [1.165, 1.54) is 48.0 Å². The number of nitrogens with one attached hydrogen (secondary N) is 1. The van der Waals surface area contributed by atoms with Crippen molar-refractivity contribution in [3.8, 4) is 56.2 Å². The van der Waals surface area contributed by atoms with Gasteiger partial charge in [0.15, 0.2) is 11.5 Å². The van der Waals surface area contributed by atoms with Gasteiger partial charge in [0.05, 0.1) is 37.3 Å². The van der Waals surface area contributed by atoms with E-state index in [2.05, 4.69) is 87.4 Å². The predicted octanol–water partition coefficient (Wildman–Crippen LogP) is 11.8. The third-order valence-electron chi connectivity index (χ3n) is 11.6. The Bertz CT molecular complexity index is 4490. The van der Waals surface area contributed by atoms with Gasteiger partial charge in [0.2, 0.25) is 23.8 Å². The molecule has 0 aliphatic carbocycles. The van der Waals surface area contributed by atoms with Crippen molar-refractivity contribution in [1.82, 2.24) is 54.5 Å². The highest BCUT2D eigenvalue weighted by molar-refractivity contribution is 9.11. The Kier molecular flexibility index (Phi) is 22.4. The molecule has 0 aliphatic heterocycles. The highest BCUT2D eigenvalue weighted by Crippen LogP contribution is 2.40. The van der Waals surface area contributed by atoms with Crippen molar-refractivity contribution in [3.05, 3.63) is 204 Å². The Hall–Kier alpha value is -9.39. The summed E-state index contributed by atoms with van der Waals surface area (Å²) in [4.78, 5) is 30.4. The Labute approximate surface area is 529 Å². The maximum absolute atomic E-state index is 14.5. The molecule has 0 atom stereocenters. The highest BCUT2D eigenvalue weighted by atomic mass is 79.9. The van der Waals surface area contributed by atoms with Crippen LogP contribution in [0.25, 0.3) is 61.8 Å². The predicted molar refractivity (Wildman–Crippen MR) is 318 cm³/mol. The number of hydrogen-bond acceptors (Lipinski definition) is 18. The SMILES string of the molecule is Cc1cc(-c2c(-c3ccc(F)cc3F)nc(N)n3cnnc23)cc(C(F)(F)F)n1.NNc1nc(N)nc(-c2ccc(F)cc2F)c1Br.Nc1nc(Cl)c(Br)c(-c2ccc(F)cc2F)n1.Nc1nc(Cl)cc(-c2ccc(F)cc2F)n1.OB(O)c1ccc(F)cc1F. The van der Waals surface area contributed by atoms with E-state index >= 15 is 0 Å². The molecule has 0 saturated carbocycles. The molecule has 0 fully saturated rings. The van der Waals surface area contributed by atoms with E-state index in [0.29, 0.717) is 21.1 Å². The summed E-state index contributed by atoms with van der Waals surface area (Å²) in [5.74, 6) is -2.59. The number of benzene rings is 5. The fourth-order valence-corrected chi connectivity index (χ4v) is 8.96.